The molecule has 2 heterocycles. The minimum Gasteiger partial charge on any atom is -0.480 e. The largest absolute Gasteiger partial charge is 0.480 e. The van der Waals surface area contributed by atoms with E-state index in [1.807, 2.05) is 4.57 Å². The second-order valence-electron chi connectivity index (χ2n) is 7.25. The Hall–Kier alpha value is -3.08. The smallest absolute Gasteiger partial charge is 0.324 e. The number of aliphatic carboxylic acids is 1. The summed E-state index contributed by atoms with van der Waals surface area (Å²) in [4.78, 5) is 20.1. The molecule has 0 amide bonds. The number of nitrogens with zero attached hydrogens (tertiary/aromatic N) is 4. The van der Waals surface area contributed by atoms with Crippen LogP contribution >= 0.6 is 23.2 Å². The van der Waals surface area contributed by atoms with Crippen LogP contribution in [0.25, 0.3) is 16.7 Å². The molecule has 9 nitrogen and oxygen atoms in total. The van der Waals surface area contributed by atoms with Gasteiger partial charge in [0.2, 0.25) is 16.0 Å². The number of carboxylic acid groups (broad SMARTS) is 1. The average molecular weight is 508 g/mol. The maximum atomic E-state index is 13.4. The lowest BCUT2D eigenvalue weighted by Gasteiger charge is -2.28. The van der Waals surface area contributed by atoms with Crippen LogP contribution in [0.2, 0.25) is 0 Å². The van der Waals surface area contributed by atoms with E-state index in [0.29, 0.717) is 17.2 Å². The van der Waals surface area contributed by atoms with Crippen molar-refractivity contribution in [3.05, 3.63) is 64.9 Å². The zero-order chi connectivity index (χ0) is 23.8. The van der Waals surface area contributed by atoms with Crippen molar-refractivity contribution in [1.82, 2.24) is 14.5 Å². The number of hydrogen-bond donors (Lipinski definition) is 2. The van der Waals surface area contributed by atoms with Crippen LogP contribution in [0, 0.1) is 0 Å². The lowest BCUT2D eigenvalue weighted by molar-refractivity contribution is -0.135. The number of hydrogen-bond acceptors (Lipinski definition) is 6. The van der Waals surface area contributed by atoms with Crippen molar-refractivity contribution in [2.45, 2.75) is 11.7 Å². The van der Waals surface area contributed by atoms with Gasteiger partial charge in [-0.25, -0.2) is 13.4 Å². The molecule has 172 valence electrons. The molecule has 3 aromatic rings. The van der Waals surface area contributed by atoms with E-state index in [9.17, 15) is 18.3 Å². The summed E-state index contributed by atoms with van der Waals surface area (Å²) in [5.74, 6) is -0.212. The molecule has 0 radical (unpaired) electrons. The van der Waals surface area contributed by atoms with Gasteiger partial charge in [0.05, 0.1) is 11.2 Å². The molecule has 1 unspecified atom stereocenters. The molecule has 1 atom stereocenters. The van der Waals surface area contributed by atoms with E-state index in [4.69, 9.17) is 23.2 Å². The van der Waals surface area contributed by atoms with E-state index in [0.717, 1.165) is 9.82 Å². The van der Waals surface area contributed by atoms with E-state index < -0.39 is 27.8 Å². The van der Waals surface area contributed by atoms with Crippen LogP contribution in [0.4, 0.5) is 11.6 Å². The summed E-state index contributed by atoms with van der Waals surface area (Å²) in [6.07, 6.45) is 6.26. The van der Waals surface area contributed by atoms with Gasteiger partial charge in [0.1, 0.15) is 17.6 Å². The maximum Gasteiger partial charge on any atom is 0.324 e. The number of carboxylic acids is 1. The van der Waals surface area contributed by atoms with Crippen molar-refractivity contribution in [1.29, 1.82) is 0 Å². The summed E-state index contributed by atoms with van der Waals surface area (Å²) in [7, 11) is -2.41. The minimum atomic E-state index is -4.13. The number of rotatable bonds is 7. The van der Waals surface area contributed by atoms with Crippen molar-refractivity contribution >= 4 is 61.7 Å². The van der Waals surface area contributed by atoms with Gasteiger partial charge in [-0.05, 0) is 42.5 Å². The zero-order valence-electron chi connectivity index (χ0n) is 17.3. The fourth-order valence-corrected chi connectivity index (χ4v) is 6.10. The zero-order valence-corrected chi connectivity index (χ0v) is 19.6. The van der Waals surface area contributed by atoms with Crippen LogP contribution in [-0.4, -0.2) is 52.9 Å². The summed E-state index contributed by atoms with van der Waals surface area (Å²) in [6, 6.07) is 8.43. The van der Waals surface area contributed by atoms with Gasteiger partial charge in [-0.1, -0.05) is 23.2 Å². The third kappa shape index (κ3) is 4.68. The summed E-state index contributed by atoms with van der Waals surface area (Å²) in [5.41, 5.74) is 0.982. The highest BCUT2D eigenvalue weighted by Crippen LogP contribution is 2.32. The number of benzene rings is 1. The number of fused-ring (bicyclic) bond motifs is 1. The average Bonchev–Trinajstić information content (AvgIpc) is 3.20. The Balaban J connectivity index is 1.76. The molecule has 0 fully saturated rings. The lowest BCUT2D eigenvalue weighted by atomic mass is 10.2. The Morgan fingerprint density at radius 1 is 1.30 bits per heavy atom. The number of nitrogens with one attached hydrogen (secondary N) is 1. The van der Waals surface area contributed by atoms with Gasteiger partial charge in [-0.15, -0.1) is 0 Å². The standard InChI is InChI=1S/C21H19Cl2N5O4S/c1-24-21-25-6-4-19(26-21)27-7-5-13-8-16(2-3-18(13)27)28(12-20(29)30)33(31,32)17-10-14(22)9-15(23)11-17/h2-10,17H,11-12H2,1H3,(H,29,30)(H,24,25,26). The number of allylic oxidation sites excluding steroid dienone is 3. The Morgan fingerprint density at radius 3 is 2.79 bits per heavy atom. The molecule has 1 aliphatic rings. The molecule has 0 aliphatic heterocycles. The summed E-state index contributed by atoms with van der Waals surface area (Å²) in [5, 5.41) is 12.4. The van der Waals surface area contributed by atoms with E-state index in [-0.39, 0.29) is 22.2 Å². The quantitative estimate of drug-likeness (QED) is 0.500. The first-order chi connectivity index (χ1) is 15.7. The molecule has 0 saturated carbocycles. The van der Waals surface area contributed by atoms with E-state index in [2.05, 4.69) is 15.3 Å². The molecular formula is C21H19Cl2N5O4S. The van der Waals surface area contributed by atoms with E-state index in [1.165, 1.54) is 12.2 Å². The molecule has 1 aliphatic carbocycles. The fraction of sp³-hybridized carbons (Fsp3) is 0.190. The first-order valence-corrected chi connectivity index (χ1v) is 12.0. The lowest BCUT2D eigenvalue weighted by Crippen LogP contribution is -2.41. The molecule has 0 bridgehead atoms. The van der Waals surface area contributed by atoms with Crippen LogP contribution in [0.5, 0.6) is 0 Å². The van der Waals surface area contributed by atoms with Crippen LogP contribution in [0.1, 0.15) is 6.42 Å². The fourth-order valence-electron chi connectivity index (χ4n) is 3.58. The number of halogens is 2. The van der Waals surface area contributed by atoms with Crippen molar-refractivity contribution in [3.8, 4) is 5.82 Å². The molecule has 2 N–H and O–H groups in total. The third-order valence-electron chi connectivity index (χ3n) is 5.08. The highest BCUT2D eigenvalue weighted by molar-refractivity contribution is 7.93. The van der Waals surface area contributed by atoms with Crippen LogP contribution in [0.3, 0.4) is 0 Å². The Morgan fingerprint density at radius 2 is 2.09 bits per heavy atom. The topological polar surface area (TPSA) is 117 Å². The number of anilines is 2. The highest BCUT2D eigenvalue weighted by atomic mass is 35.5. The van der Waals surface area contributed by atoms with Gasteiger partial charge in [-0.3, -0.25) is 9.10 Å². The Bertz CT molecular complexity index is 1400. The second kappa shape index (κ2) is 9.05. The van der Waals surface area contributed by atoms with Crippen LogP contribution in [-0.2, 0) is 14.8 Å². The Labute approximate surface area is 200 Å². The molecule has 33 heavy (non-hydrogen) atoms. The first-order valence-electron chi connectivity index (χ1n) is 9.78. The highest BCUT2D eigenvalue weighted by Gasteiger charge is 2.34. The molecule has 2 aromatic heterocycles. The van der Waals surface area contributed by atoms with E-state index in [1.54, 1.807) is 49.8 Å². The number of sulfonamides is 1. The first kappa shape index (κ1) is 23.1. The van der Waals surface area contributed by atoms with Crippen LogP contribution < -0.4 is 9.62 Å². The van der Waals surface area contributed by atoms with Gasteiger partial charge in [-0.2, -0.15) is 4.98 Å². The van der Waals surface area contributed by atoms with Gasteiger partial charge in [0.25, 0.3) is 0 Å². The molecule has 1 aromatic carbocycles. The molecular weight excluding hydrogens is 489 g/mol. The van der Waals surface area contributed by atoms with Crippen molar-refractivity contribution in [2.24, 2.45) is 0 Å². The van der Waals surface area contributed by atoms with E-state index >= 15 is 0 Å². The molecule has 4 rings (SSSR count). The Kier molecular flexibility index (Phi) is 6.33. The third-order valence-corrected chi connectivity index (χ3v) is 7.60. The predicted octanol–water partition coefficient (Wildman–Crippen LogP) is 3.70. The van der Waals surface area contributed by atoms with Gasteiger partial charge in [0, 0.05) is 41.3 Å². The normalized spacial score (nSPS) is 16.3. The van der Waals surface area contributed by atoms with Crippen LogP contribution in [0.15, 0.2) is 64.9 Å². The predicted molar refractivity (Wildman–Crippen MR) is 129 cm³/mol. The molecule has 0 spiro atoms. The van der Waals surface area contributed by atoms with Gasteiger partial charge >= 0.3 is 5.97 Å². The van der Waals surface area contributed by atoms with Crippen molar-refractivity contribution < 1.29 is 18.3 Å². The second-order valence-corrected chi connectivity index (χ2v) is 10.2. The van der Waals surface area contributed by atoms with Gasteiger partial charge < -0.3 is 15.0 Å². The number of carbonyl (C=O) groups is 1. The maximum absolute atomic E-state index is 13.4. The minimum absolute atomic E-state index is 0.0103. The SMILES string of the molecule is CNc1nccc(-n2ccc3cc(N(CC(=O)O)S(=O)(=O)C4C=C(Cl)C=C(Cl)C4)ccc32)n1. The summed E-state index contributed by atoms with van der Waals surface area (Å²) in [6.45, 7) is -0.741. The molecule has 0 saturated heterocycles. The monoisotopic (exact) mass is 507 g/mol. The number of aromatic nitrogens is 3. The van der Waals surface area contributed by atoms with Gasteiger partial charge in [0.15, 0.2) is 0 Å². The van der Waals surface area contributed by atoms with Crippen molar-refractivity contribution in [2.75, 3.05) is 23.2 Å². The molecule has 12 heteroatoms. The van der Waals surface area contributed by atoms with Crippen molar-refractivity contribution in [3.63, 3.8) is 0 Å². The summed E-state index contributed by atoms with van der Waals surface area (Å²) < 4.78 is 29.5. The summed E-state index contributed by atoms with van der Waals surface area (Å²) >= 11 is 12.1.